The Morgan fingerprint density at radius 1 is 0.895 bits per heavy atom. The number of hydrogen-bond donors (Lipinski definition) is 0. The molecule has 1 heterocycles. The van der Waals surface area contributed by atoms with E-state index >= 15 is 0 Å². The number of nitrogens with zero attached hydrogens (tertiary/aromatic N) is 1. The molecule has 0 aliphatic carbocycles. The van der Waals surface area contributed by atoms with Gasteiger partial charge in [0.1, 0.15) is 0 Å². The first-order valence-electron chi connectivity index (χ1n) is 6.75. The van der Waals surface area contributed by atoms with Crippen LogP contribution in [0.1, 0.15) is 11.1 Å². The van der Waals surface area contributed by atoms with Gasteiger partial charge in [0.05, 0.1) is 19.3 Å². The monoisotopic (exact) mass is 253 g/mol. The van der Waals surface area contributed by atoms with E-state index in [4.69, 9.17) is 4.74 Å². The van der Waals surface area contributed by atoms with Gasteiger partial charge in [-0.1, -0.05) is 35.4 Å². The highest BCUT2D eigenvalue weighted by Crippen LogP contribution is 2.28. The zero-order valence-electron chi connectivity index (χ0n) is 11.5. The predicted molar refractivity (Wildman–Crippen MR) is 79.1 cm³/mol. The molecule has 98 valence electrons. The molecular weight excluding hydrogens is 234 g/mol. The lowest BCUT2D eigenvalue weighted by Gasteiger charge is -2.24. The van der Waals surface area contributed by atoms with Crippen LogP contribution in [-0.4, -0.2) is 19.3 Å². The van der Waals surface area contributed by atoms with Crippen molar-refractivity contribution in [3.63, 3.8) is 0 Å². The van der Waals surface area contributed by atoms with Crippen LogP contribution in [0.4, 0.5) is 11.4 Å². The third kappa shape index (κ3) is 2.96. The summed E-state index contributed by atoms with van der Waals surface area (Å²) in [5, 5.41) is 0. The van der Waals surface area contributed by atoms with Crippen molar-refractivity contribution in [3.8, 4) is 0 Å². The largest absolute Gasteiger partial charge is 0.371 e. The molecule has 0 spiro atoms. The molecule has 2 nitrogen and oxygen atoms in total. The molecule has 0 aromatic heterocycles. The number of rotatable bonds is 4. The molecule has 0 radical (unpaired) electrons. The highest BCUT2D eigenvalue weighted by molar-refractivity contribution is 5.64. The summed E-state index contributed by atoms with van der Waals surface area (Å²) in [6.07, 6.45) is 0.377. The Kier molecular flexibility index (Phi) is 3.26. The fourth-order valence-electron chi connectivity index (χ4n) is 2.19. The summed E-state index contributed by atoms with van der Waals surface area (Å²) >= 11 is 0. The van der Waals surface area contributed by atoms with Crippen LogP contribution in [0.5, 0.6) is 0 Å². The first kappa shape index (κ1) is 12.2. The van der Waals surface area contributed by atoms with Crippen LogP contribution in [0.25, 0.3) is 0 Å². The molecule has 1 aliphatic rings. The van der Waals surface area contributed by atoms with Gasteiger partial charge in [0.15, 0.2) is 0 Å². The standard InChI is InChI=1S/C17H19NO/c1-13-3-7-15(8-4-13)18(11-17-12-19-17)16-9-5-14(2)6-10-16/h3-10,17H,11-12H2,1-2H3. The lowest BCUT2D eigenvalue weighted by Crippen LogP contribution is -2.22. The highest BCUT2D eigenvalue weighted by atomic mass is 16.6. The van der Waals surface area contributed by atoms with Gasteiger partial charge in [0.25, 0.3) is 0 Å². The van der Waals surface area contributed by atoms with Crippen molar-refractivity contribution in [1.82, 2.24) is 0 Å². The van der Waals surface area contributed by atoms with Crippen LogP contribution in [-0.2, 0) is 4.74 Å². The van der Waals surface area contributed by atoms with Crippen LogP contribution in [0.15, 0.2) is 48.5 Å². The van der Waals surface area contributed by atoms with Gasteiger partial charge in [-0.25, -0.2) is 0 Å². The zero-order valence-corrected chi connectivity index (χ0v) is 11.5. The Morgan fingerprint density at radius 3 is 1.68 bits per heavy atom. The van der Waals surface area contributed by atoms with E-state index in [-0.39, 0.29) is 0 Å². The summed E-state index contributed by atoms with van der Waals surface area (Å²) in [6.45, 7) is 6.04. The Bertz CT molecular complexity index is 495. The van der Waals surface area contributed by atoms with Crippen molar-refractivity contribution in [2.24, 2.45) is 0 Å². The first-order chi connectivity index (χ1) is 9.22. The van der Waals surface area contributed by atoms with Crippen molar-refractivity contribution in [2.45, 2.75) is 20.0 Å². The van der Waals surface area contributed by atoms with Gasteiger partial charge in [0.2, 0.25) is 0 Å². The summed E-state index contributed by atoms with van der Waals surface area (Å²) in [4.78, 5) is 2.33. The minimum atomic E-state index is 0.377. The number of ether oxygens (including phenoxy) is 1. The molecule has 1 fully saturated rings. The van der Waals surface area contributed by atoms with Crippen LogP contribution in [0, 0.1) is 13.8 Å². The number of benzene rings is 2. The van der Waals surface area contributed by atoms with E-state index in [2.05, 4.69) is 67.3 Å². The van der Waals surface area contributed by atoms with Crippen LogP contribution in [0.2, 0.25) is 0 Å². The third-order valence-corrected chi connectivity index (χ3v) is 3.48. The van der Waals surface area contributed by atoms with E-state index in [1.807, 2.05) is 0 Å². The Labute approximate surface area is 114 Å². The molecular formula is C17H19NO. The van der Waals surface area contributed by atoms with Crippen LogP contribution < -0.4 is 4.90 Å². The molecule has 2 aromatic rings. The second kappa shape index (κ2) is 5.06. The maximum absolute atomic E-state index is 5.39. The second-order valence-electron chi connectivity index (χ2n) is 5.24. The van der Waals surface area contributed by atoms with E-state index in [1.165, 1.54) is 22.5 Å². The average molecular weight is 253 g/mol. The van der Waals surface area contributed by atoms with E-state index in [0.29, 0.717) is 6.10 Å². The quantitative estimate of drug-likeness (QED) is 0.769. The van der Waals surface area contributed by atoms with E-state index in [1.54, 1.807) is 0 Å². The third-order valence-electron chi connectivity index (χ3n) is 3.48. The lowest BCUT2D eigenvalue weighted by molar-refractivity contribution is 0.411. The first-order valence-corrected chi connectivity index (χ1v) is 6.75. The molecule has 1 atom stereocenters. The van der Waals surface area contributed by atoms with E-state index in [0.717, 1.165) is 13.2 Å². The van der Waals surface area contributed by atoms with Crippen molar-refractivity contribution in [3.05, 3.63) is 59.7 Å². The van der Waals surface area contributed by atoms with Gasteiger partial charge in [-0.05, 0) is 38.1 Å². The van der Waals surface area contributed by atoms with Gasteiger partial charge in [-0.3, -0.25) is 0 Å². The molecule has 2 aromatic carbocycles. The number of epoxide rings is 1. The van der Waals surface area contributed by atoms with E-state index in [9.17, 15) is 0 Å². The molecule has 0 bridgehead atoms. The van der Waals surface area contributed by atoms with Crippen molar-refractivity contribution >= 4 is 11.4 Å². The van der Waals surface area contributed by atoms with Crippen LogP contribution in [0.3, 0.4) is 0 Å². The lowest BCUT2D eigenvalue weighted by atomic mass is 10.1. The van der Waals surface area contributed by atoms with Crippen molar-refractivity contribution in [1.29, 1.82) is 0 Å². The zero-order chi connectivity index (χ0) is 13.2. The minimum Gasteiger partial charge on any atom is -0.371 e. The van der Waals surface area contributed by atoms with Gasteiger partial charge in [-0.15, -0.1) is 0 Å². The SMILES string of the molecule is Cc1ccc(N(CC2CO2)c2ccc(C)cc2)cc1. The Morgan fingerprint density at radius 2 is 1.32 bits per heavy atom. The molecule has 1 aliphatic heterocycles. The molecule has 0 amide bonds. The predicted octanol–water partition coefficient (Wildman–Crippen LogP) is 3.84. The highest BCUT2D eigenvalue weighted by Gasteiger charge is 2.26. The normalized spacial score (nSPS) is 17.3. The summed E-state index contributed by atoms with van der Waals surface area (Å²) in [5.41, 5.74) is 5.03. The smallest absolute Gasteiger partial charge is 0.0988 e. The van der Waals surface area contributed by atoms with Gasteiger partial charge in [0, 0.05) is 11.4 Å². The molecule has 0 saturated carbocycles. The van der Waals surface area contributed by atoms with Gasteiger partial charge in [-0.2, -0.15) is 0 Å². The fraction of sp³-hybridized carbons (Fsp3) is 0.294. The van der Waals surface area contributed by atoms with Crippen LogP contribution >= 0.6 is 0 Å². The maximum Gasteiger partial charge on any atom is 0.0988 e. The van der Waals surface area contributed by atoms with Crippen molar-refractivity contribution < 1.29 is 4.74 Å². The van der Waals surface area contributed by atoms with Crippen molar-refractivity contribution in [2.75, 3.05) is 18.1 Å². The van der Waals surface area contributed by atoms with Gasteiger partial charge >= 0.3 is 0 Å². The number of hydrogen-bond acceptors (Lipinski definition) is 2. The number of aryl methyl sites for hydroxylation is 2. The van der Waals surface area contributed by atoms with Gasteiger partial charge < -0.3 is 9.64 Å². The number of anilines is 2. The Hall–Kier alpha value is -1.80. The topological polar surface area (TPSA) is 15.8 Å². The van der Waals surface area contributed by atoms with E-state index < -0.39 is 0 Å². The maximum atomic E-state index is 5.39. The molecule has 0 N–H and O–H groups in total. The molecule has 19 heavy (non-hydrogen) atoms. The Balaban J connectivity index is 1.91. The summed E-state index contributed by atoms with van der Waals surface area (Å²) in [5.74, 6) is 0. The molecule has 1 unspecified atom stereocenters. The summed E-state index contributed by atoms with van der Waals surface area (Å²) in [7, 11) is 0. The molecule has 3 rings (SSSR count). The molecule has 2 heteroatoms. The summed E-state index contributed by atoms with van der Waals surface area (Å²) < 4.78 is 5.39. The minimum absolute atomic E-state index is 0.377. The fourth-order valence-corrected chi connectivity index (χ4v) is 2.19. The second-order valence-corrected chi connectivity index (χ2v) is 5.24. The average Bonchev–Trinajstić information content (AvgIpc) is 3.22. The summed E-state index contributed by atoms with van der Waals surface area (Å²) in [6, 6.07) is 17.3. The molecule has 1 saturated heterocycles.